The number of urea groups is 1. The van der Waals surface area contributed by atoms with E-state index in [0.29, 0.717) is 18.0 Å². The van der Waals surface area contributed by atoms with Crippen molar-refractivity contribution in [2.45, 2.75) is 6.42 Å². The maximum Gasteiger partial charge on any atom is 0.319 e. The van der Waals surface area contributed by atoms with Gasteiger partial charge in [0.2, 0.25) is 0 Å². The highest BCUT2D eigenvalue weighted by Gasteiger charge is 2.07. The lowest BCUT2D eigenvalue weighted by molar-refractivity contribution is 0.252. The van der Waals surface area contributed by atoms with Crippen LogP contribution in [0.1, 0.15) is 5.56 Å². The molecule has 21 heavy (non-hydrogen) atoms. The van der Waals surface area contributed by atoms with E-state index in [1.807, 2.05) is 36.4 Å². The first kappa shape index (κ1) is 15.4. The summed E-state index contributed by atoms with van der Waals surface area (Å²) >= 11 is 3.37. The molecule has 5 heteroatoms. The van der Waals surface area contributed by atoms with Gasteiger partial charge < -0.3 is 15.4 Å². The molecule has 0 aliphatic rings. The average Bonchev–Trinajstić information content (AvgIpc) is 2.48. The highest BCUT2D eigenvalue weighted by molar-refractivity contribution is 9.10. The Morgan fingerprint density at radius 1 is 1.19 bits per heavy atom. The Balaban J connectivity index is 1.86. The number of benzene rings is 2. The first-order chi connectivity index (χ1) is 10.2. The van der Waals surface area contributed by atoms with Crippen molar-refractivity contribution in [1.82, 2.24) is 5.32 Å². The highest BCUT2D eigenvalue weighted by Crippen LogP contribution is 2.27. The van der Waals surface area contributed by atoms with Gasteiger partial charge in [-0.25, -0.2) is 4.79 Å². The van der Waals surface area contributed by atoms with Crippen LogP contribution >= 0.6 is 15.9 Å². The number of anilines is 1. The number of amides is 2. The monoisotopic (exact) mass is 348 g/mol. The number of methoxy groups -OCH3 is 1. The number of halogens is 1. The zero-order valence-corrected chi connectivity index (χ0v) is 13.3. The second kappa shape index (κ2) is 7.69. The van der Waals surface area contributed by atoms with E-state index in [2.05, 4.69) is 26.6 Å². The molecule has 2 amide bonds. The number of nitrogens with one attached hydrogen (secondary N) is 2. The quantitative estimate of drug-likeness (QED) is 0.862. The van der Waals surface area contributed by atoms with Crippen molar-refractivity contribution in [3.63, 3.8) is 0 Å². The SMILES string of the molecule is COc1ccc(Br)cc1NC(=O)NCCc1ccccc1. The summed E-state index contributed by atoms with van der Waals surface area (Å²) in [5, 5.41) is 5.61. The molecule has 0 radical (unpaired) electrons. The maximum absolute atomic E-state index is 11.9. The smallest absolute Gasteiger partial charge is 0.319 e. The van der Waals surface area contributed by atoms with Gasteiger partial charge in [-0.2, -0.15) is 0 Å². The molecule has 2 aromatic carbocycles. The molecular formula is C16H17BrN2O2. The number of ether oxygens (including phenoxy) is 1. The molecule has 0 saturated heterocycles. The Hall–Kier alpha value is -2.01. The molecule has 0 spiro atoms. The van der Waals surface area contributed by atoms with Crippen LogP contribution in [0.25, 0.3) is 0 Å². The summed E-state index contributed by atoms with van der Waals surface area (Å²) in [5.41, 5.74) is 1.82. The van der Waals surface area contributed by atoms with E-state index < -0.39 is 0 Å². The van der Waals surface area contributed by atoms with E-state index in [1.54, 1.807) is 19.2 Å². The normalized spacial score (nSPS) is 10.0. The van der Waals surface area contributed by atoms with Gasteiger partial charge in [0, 0.05) is 11.0 Å². The average molecular weight is 349 g/mol. The lowest BCUT2D eigenvalue weighted by Gasteiger charge is -2.11. The van der Waals surface area contributed by atoms with Gasteiger partial charge in [-0.3, -0.25) is 0 Å². The molecule has 0 unspecified atom stereocenters. The Morgan fingerprint density at radius 3 is 2.67 bits per heavy atom. The van der Waals surface area contributed by atoms with Gasteiger partial charge in [0.05, 0.1) is 12.8 Å². The predicted molar refractivity (Wildman–Crippen MR) is 87.9 cm³/mol. The standard InChI is InChI=1S/C16H17BrN2O2/c1-21-15-8-7-13(17)11-14(15)19-16(20)18-10-9-12-5-3-2-4-6-12/h2-8,11H,9-10H2,1H3,(H2,18,19,20). The molecule has 0 heterocycles. The van der Waals surface area contributed by atoms with Crippen molar-refractivity contribution in [2.24, 2.45) is 0 Å². The number of hydrogen-bond donors (Lipinski definition) is 2. The zero-order valence-electron chi connectivity index (χ0n) is 11.7. The maximum atomic E-state index is 11.9. The molecule has 2 N–H and O–H groups in total. The molecule has 0 saturated carbocycles. The van der Waals surface area contributed by atoms with Crippen LogP contribution in [0.5, 0.6) is 5.75 Å². The topological polar surface area (TPSA) is 50.4 Å². The van der Waals surface area contributed by atoms with E-state index in [9.17, 15) is 4.79 Å². The van der Waals surface area contributed by atoms with E-state index in [0.717, 1.165) is 10.9 Å². The third-order valence-electron chi connectivity index (χ3n) is 2.95. The summed E-state index contributed by atoms with van der Waals surface area (Å²) in [6.07, 6.45) is 0.796. The van der Waals surface area contributed by atoms with Crippen LogP contribution in [0.4, 0.5) is 10.5 Å². The largest absolute Gasteiger partial charge is 0.495 e. The van der Waals surface area contributed by atoms with Crippen LogP contribution in [0, 0.1) is 0 Å². The van der Waals surface area contributed by atoms with Crippen molar-refractivity contribution in [1.29, 1.82) is 0 Å². The summed E-state index contributed by atoms with van der Waals surface area (Å²) in [5.74, 6) is 0.622. The van der Waals surface area contributed by atoms with Crippen molar-refractivity contribution < 1.29 is 9.53 Å². The van der Waals surface area contributed by atoms with E-state index in [4.69, 9.17) is 4.74 Å². The fraction of sp³-hybridized carbons (Fsp3) is 0.188. The third-order valence-corrected chi connectivity index (χ3v) is 3.45. The van der Waals surface area contributed by atoms with Crippen LogP contribution in [-0.4, -0.2) is 19.7 Å². The first-order valence-corrected chi connectivity index (χ1v) is 7.40. The summed E-state index contributed by atoms with van der Waals surface area (Å²) in [4.78, 5) is 11.9. The second-order valence-corrected chi connectivity index (χ2v) is 5.38. The third kappa shape index (κ3) is 4.79. The molecule has 0 fully saturated rings. The first-order valence-electron chi connectivity index (χ1n) is 6.61. The van der Waals surface area contributed by atoms with Crippen LogP contribution in [0.15, 0.2) is 53.0 Å². The Morgan fingerprint density at radius 2 is 1.95 bits per heavy atom. The van der Waals surface area contributed by atoms with Crippen LogP contribution in [-0.2, 0) is 6.42 Å². The molecule has 0 aromatic heterocycles. The molecule has 4 nitrogen and oxygen atoms in total. The minimum Gasteiger partial charge on any atom is -0.495 e. The van der Waals surface area contributed by atoms with Crippen LogP contribution in [0.2, 0.25) is 0 Å². The Kier molecular flexibility index (Phi) is 5.63. The van der Waals surface area contributed by atoms with Gasteiger partial charge in [0.25, 0.3) is 0 Å². The second-order valence-electron chi connectivity index (χ2n) is 4.46. The Bertz CT molecular complexity index is 602. The van der Waals surface area contributed by atoms with E-state index in [-0.39, 0.29) is 6.03 Å². The molecule has 2 rings (SSSR count). The van der Waals surface area contributed by atoms with Gasteiger partial charge >= 0.3 is 6.03 Å². The van der Waals surface area contributed by atoms with Gasteiger partial charge in [-0.05, 0) is 30.2 Å². The Labute approximate surface area is 132 Å². The van der Waals surface area contributed by atoms with Crippen LogP contribution in [0.3, 0.4) is 0 Å². The van der Waals surface area contributed by atoms with E-state index >= 15 is 0 Å². The summed E-state index contributed by atoms with van der Waals surface area (Å²) in [6.45, 7) is 0.576. The fourth-order valence-electron chi connectivity index (χ4n) is 1.91. The van der Waals surface area contributed by atoms with Crippen molar-refractivity contribution >= 4 is 27.6 Å². The summed E-state index contributed by atoms with van der Waals surface area (Å²) < 4.78 is 6.09. The van der Waals surface area contributed by atoms with Gasteiger partial charge in [0.15, 0.2) is 0 Å². The molecule has 110 valence electrons. The van der Waals surface area contributed by atoms with Crippen molar-refractivity contribution in [3.8, 4) is 5.75 Å². The zero-order chi connectivity index (χ0) is 15.1. The van der Waals surface area contributed by atoms with E-state index in [1.165, 1.54) is 5.56 Å². The van der Waals surface area contributed by atoms with Crippen molar-refractivity contribution in [3.05, 3.63) is 58.6 Å². The minimum atomic E-state index is -0.248. The van der Waals surface area contributed by atoms with Crippen LogP contribution < -0.4 is 15.4 Å². The fourth-order valence-corrected chi connectivity index (χ4v) is 2.27. The van der Waals surface area contributed by atoms with Gasteiger partial charge in [0.1, 0.15) is 5.75 Å². The predicted octanol–water partition coefficient (Wildman–Crippen LogP) is 3.82. The lowest BCUT2D eigenvalue weighted by atomic mass is 10.1. The number of rotatable bonds is 5. The number of carbonyl (C=O) groups is 1. The van der Waals surface area contributed by atoms with Gasteiger partial charge in [-0.1, -0.05) is 46.3 Å². The van der Waals surface area contributed by atoms with Crippen molar-refractivity contribution in [2.75, 3.05) is 19.0 Å². The molecule has 0 aliphatic heterocycles. The highest BCUT2D eigenvalue weighted by atomic mass is 79.9. The molecule has 0 aliphatic carbocycles. The summed E-state index contributed by atoms with van der Waals surface area (Å²) in [6, 6.07) is 15.2. The molecule has 0 atom stereocenters. The van der Waals surface area contributed by atoms with Gasteiger partial charge in [-0.15, -0.1) is 0 Å². The lowest BCUT2D eigenvalue weighted by Crippen LogP contribution is -2.30. The molecule has 2 aromatic rings. The summed E-state index contributed by atoms with van der Waals surface area (Å²) in [7, 11) is 1.57. The molecule has 0 bridgehead atoms. The number of carbonyl (C=O) groups excluding carboxylic acids is 1. The number of hydrogen-bond acceptors (Lipinski definition) is 2. The minimum absolute atomic E-state index is 0.248. The molecular weight excluding hydrogens is 332 g/mol.